The van der Waals surface area contributed by atoms with Crippen molar-refractivity contribution in [3.05, 3.63) is 216 Å². The molecule has 0 unspecified atom stereocenters. The Labute approximate surface area is 341 Å². The Morgan fingerprint density at radius 3 is 1.76 bits per heavy atom. The summed E-state index contributed by atoms with van der Waals surface area (Å²) in [6.45, 7) is 0. The normalized spacial score (nSPS) is 14.3. The van der Waals surface area contributed by atoms with Crippen LogP contribution in [0.5, 0.6) is 23.0 Å². The number of aryl methyl sites for hydroxylation is 1. The van der Waals surface area contributed by atoms with E-state index in [1.807, 2.05) is 6.07 Å². The second-order valence-corrected chi connectivity index (χ2v) is 15.9. The molecule has 0 fully saturated rings. The van der Waals surface area contributed by atoms with Gasteiger partial charge in [-0.3, -0.25) is 0 Å². The number of nitrogens with zero attached hydrogens (tertiary/aromatic N) is 1. The van der Waals surface area contributed by atoms with E-state index in [0.717, 1.165) is 52.2 Å². The molecule has 4 nitrogen and oxygen atoms in total. The fraction of sp³-hybridized carbons (Fsp3) is 0.0545. The molecule has 0 saturated heterocycles. The summed E-state index contributed by atoms with van der Waals surface area (Å²) in [5.41, 5.74) is 17.0. The van der Waals surface area contributed by atoms with E-state index < -0.39 is 5.41 Å². The van der Waals surface area contributed by atoms with E-state index in [1.54, 1.807) is 0 Å². The molecule has 9 aromatic rings. The quantitative estimate of drug-likeness (QED) is 0.179. The van der Waals surface area contributed by atoms with Crippen molar-refractivity contribution in [2.45, 2.75) is 18.3 Å². The monoisotopic (exact) mass is 757 g/mol. The van der Waals surface area contributed by atoms with Crippen molar-refractivity contribution in [3.8, 4) is 56.4 Å². The molecule has 1 aromatic heterocycles. The second kappa shape index (κ2) is 12.2. The van der Waals surface area contributed by atoms with Gasteiger partial charge in [-0.1, -0.05) is 127 Å². The molecule has 4 heteroatoms. The molecule has 4 aliphatic rings. The van der Waals surface area contributed by atoms with Crippen molar-refractivity contribution in [2.75, 3.05) is 4.90 Å². The van der Waals surface area contributed by atoms with Gasteiger partial charge in [0.25, 0.3) is 0 Å². The average Bonchev–Trinajstić information content (AvgIpc) is 3.92. The van der Waals surface area contributed by atoms with E-state index in [9.17, 15) is 0 Å². The number of hydrogen-bond donors (Lipinski definition) is 0. The summed E-state index contributed by atoms with van der Waals surface area (Å²) < 4.78 is 20.2. The Hall–Kier alpha value is -7.56. The highest BCUT2D eigenvalue weighted by molar-refractivity contribution is 5.96. The second-order valence-electron chi connectivity index (χ2n) is 15.9. The third-order valence-corrected chi connectivity index (χ3v) is 12.8. The number of allylic oxidation sites excluding steroid dienone is 1. The smallest absolute Gasteiger partial charge is 0.172 e. The molecular formula is C55H35NO3. The molecule has 1 aliphatic heterocycles. The van der Waals surface area contributed by atoms with Crippen molar-refractivity contribution in [3.63, 3.8) is 0 Å². The van der Waals surface area contributed by atoms with Crippen molar-refractivity contribution in [1.82, 2.24) is 0 Å². The lowest BCUT2D eigenvalue weighted by molar-refractivity contribution is 0.359. The fourth-order valence-electron chi connectivity index (χ4n) is 10.3. The lowest BCUT2D eigenvalue weighted by atomic mass is 9.70. The maximum atomic E-state index is 6.89. The van der Waals surface area contributed by atoms with Crippen molar-refractivity contribution in [2.24, 2.45) is 0 Å². The predicted molar refractivity (Wildman–Crippen MR) is 237 cm³/mol. The van der Waals surface area contributed by atoms with Gasteiger partial charge in [0.2, 0.25) is 0 Å². The van der Waals surface area contributed by atoms with Gasteiger partial charge in [-0.05, 0) is 111 Å². The summed E-state index contributed by atoms with van der Waals surface area (Å²) in [4.78, 5) is 2.27. The zero-order valence-corrected chi connectivity index (χ0v) is 32.0. The highest BCUT2D eigenvalue weighted by atomic mass is 16.6. The van der Waals surface area contributed by atoms with Crippen LogP contribution in [0.2, 0.25) is 0 Å². The van der Waals surface area contributed by atoms with Crippen LogP contribution >= 0.6 is 0 Å². The Kier molecular flexibility index (Phi) is 6.74. The van der Waals surface area contributed by atoms with Gasteiger partial charge in [0.1, 0.15) is 11.3 Å². The molecule has 0 atom stereocenters. The summed E-state index contributed by atoms with van der Waals surface area (Å²) in [7, 11) is 0. The summed E-state index contributed by atoms with van der Waals surface area (Å²) >= 11 is 0. The molecule has 0 N–H and O–H groups in total. The summed E-state index contributed by atoms with van der Waals surface area (Å²) in [5.74, 6) is 3.82. The standard InChI is InChI=1S/C55H35NO3/c1-2-12-34(13-3-1)35-22-24-36(25-23-35)56(37-26-28-43-42-17-7-11-21-49(42)57-51(43)30-37)38-27-29-50-52(31-38)59-53-32-44-41-16-6-10-20-47(41)55(48(44)33-54(53)58-50)45-18-8-4-14-39(45)40-15-5-9-19-46(40)55/h1-10,12-20,22-33H,11,21H2. The van der Waals surface area contributed by atoms with Gasteiger partial charge in [0, 0.05) is 40.9 Å². The number of furan rings is 1. The number of anilines is 3. The Bertz CT molecular complexity index is 3180. The first-order chi connectivity index (χ1) is 29.2. The largest absolute Gasteiger partial charge is 0.460 e. The summed E-state index contributed by atoms with van der Waals surface area (Å²) in [6.07, 6.45) is 6.35. The van der Waals surface area contributed by atoms with Gasteiger partial charge in [0.05, 0.1) is 11.1 Å². The van der Waals surface area contributed by atoms with E-state index in [1.165, 1.54) is 55.6 Å². The molecule has 59 heavy (non-hydrogen) atoms. The van der Waals surface area contributed by atoms with Gasteiger partial charge in [-0.15, -0.1) is 0 Å². The SMILES string of the molecule is C1=Cc2c(oc3cc(N(c4ccc(-c5ccccc5)cc4)c4ccc5c(c4)Oc4cc6c(cc4O5)C4(c5ccccc5-c5ccccc54)c4ccccc4-6)ccc23)CC1. The number of fused-ring (bicyclic) bond motifs is 15. The Morgan fingerprint density at radius 1 is 0.441 bits per heavy atom. The molecule has 0 bridgehead atoms. The molecule has 2 heterocycles. The first kappa shape index (κ1) is 32.5. The maximum absolute atomic E-state index is 6.89. The van der Waals surface area contributed by atoms with Crippen LogP contribution in [0.3, 0.4) is 0 Å². The predicted octanol–water partition coefficient (Wildman–Crippen LogP) is 14.8. The van der Waals surface area contributed by atoms with Crippen LogP contribution in [0.1, 0.15) is 40.0 Å². The first-order valence-corrected chi connectivity index (χ1v) is 20.4. The Morgan fingerprint density at radius 2 is 1.02 bits per heavy atom. The van der Waals surface area contributed by atoms with Gasteiger partial charge in [-0.2, -0.15) is 0 Å². The van der Waals surface area contributed by atoms with E-state index >= 15 is 0 Å². The van der Waals surface area contributed by atoms with Crippen LogP contribution in [0.15, 0.2) is 186 Å². The zero-order valence-electron chi connectivity index (χ0n) is 32.0. The summed E-state index contributed by atoms with van der Waals surface area (Å²) in [6, 6.07) is 63.0. The first-order valence-electron chi connectivity index (χ1n) is 20.4. The van der Waals surface area contributed by atoms with Gasteiger partial charge < -0.3 is 18.8 Å². The highest BCUT2D eigenvalue weighted by Gasteiger charge is 2.52. The molecule has 0 amide bonds. The van der Waals surface area contributed by atoms with E-state index in [0.29, 0.717) is 23.0 Å². The molecule has 278 valence electrons. The van der Waals surface area contributed by atoms with Crippen LogP contribution < -0.4 is 14.4 Å². The van der Waals surface area contributed by atoms with Crippen LogP contribution in [0.4, 0.5) is 17.1 Å². The minimum Gasteiger partial charge on any atom is -0.460 e. The molecule has 3 aliphatic carbocycles. The van der Waals surface area contributed by atoms with Crippen molar-refractivity contribution in [1.29, 1.82) is 0 Å². The molecule has 0 saturated carbocycles. The third-order valence-electron chi connectivity index (χ3n) is 12.8. The highest BCUT2D eigenvalue weighted by Crippen LogP contribution is 2.64. The van der Waals surface area contributed by atoms with E-state index in [4.69, 9.17) is 13.9 Å². The number of benzene rings is 8. The van der Waals surface area contributed by atoms with Gasteiger partial charge >= 0.3 is 0 Å². The van der Waals surface area contributed by atoms with Crippen LogP contribution in [-0.2, 0) is 11.8 Å². The van der Waals surface area contributed by atoms with Crippen LogP contribution in [0, 0.1) is 0 Å². The maximum Gasteiger partial charge on any atom is 0.172 e. The molecule has 8 aromatic carbocycles. The number of ether oxygens (including phenoxy) is 2. The third kappa shape index (κ3) is 4.60. The van der Waals surface area contributed by atoms with E-state index in [-0.39, 0.29) is 0 Å². The summed E-state index contributed by atoms with van der Waals surface area (Å²) in [5, 5.41) is 1.14. The van der Waals surface area contributed by atoms with Crippen LogP contribution in [0.25, 0.3) is 50.4 Å². The number of rotatable bonds is 4. The minimum absolute atomic E-state index is 0.456. The zero-order chi connectivity index (χ0) is 38.7. The van der Waals surface area contributed by atoms with E-state index in [2.05, 4.69) is 187 Å². The lowest BCUT2D eigenvalue weighted by Gasteiger charge is -2.31. The van der Waals surface area contributed by atoms with Gasteiger partial charge in [-0.25, -0.2) is 0 Å². The van der Waals surface area contributed by atoms with Crippen molar-refractivity contribution >= 4 is 34.1 Å². The molecule has 13 rings (SSSR count). The number of hydrogen-bond acceptors (Lipinski definition) is 4. The Balaban J connectivity index is 0.933. The molecule has 1 spiro atoms. The molecule has 0 radical (unpaired) electrons. The minimum atomic E-state index is -0.456. The van der Waals surface area contributed by atoms with Crippen molar-refractivity contribution < 1.29 is 13.9 Å². The topological polar surface area (TPSA) is 34.8 Å². The lowest BCUT2D eigenvalue weighted by Crippen LogP contribution is -2.25. The van der Waals surface area contributed by atoms with Crippen LogP contribution in [-0.4, -0.2) is 0 Å². The molecular weight excluding hydrogens is 723 g/mol. The average molecular weight is 758 g/mol. The fourth-order valence-corrected chi connectivity index (χ4v) is 10.3. The van der Waals surface area contributed by atoms with Gasteiger partial charge in [0.15, 0.2) is 23.0 Å².